The van der Waals surface area contributed by atoms with E-state index in [0.717, 1.165) is 32.6 Å². The summed E-state index contributed by atoms with van der Waals surface area (Å²) >= 11 is 0. The fraction of sp³-hybridized carbons (Fsp3) is 0.517. The number of urea groups is 2. The van der Waals surface area contributed by atoms with Crippen LogP contribution in [0.2, 0.25) is 0 Å². The average Bonchev–Trinajstić information content (AvgIpc) is 2.91. The second kappa shape index (κ2) is 29.0. The van der Waals surface area contributed by atoms with Crippen LogP contribution in [0.5, 0.6) is 0 Å². The van der Waals surface area contributed by atoms with Gasteiger partial charge in [-0.3, -0.25) is 0 Å². The van der Waals surface area contributed by atoms with E-state index in [1.54, 1.807) is 7.05 Å². The Morgan fingerprint density at radius 3 is 1.46 bits per heavy atom. The first kappa shape index (κ1) is 34.1. The lowest BCUT2D eigenvalue weighted by atomic mass is 10.2. The van der Waals surface area contributed by atoms with E-state index in [4.69, 9.17) is 0 Å². The van der Waals surface area contributed by atoms with Crippen LogP contribution in [-0.2, 0) is 0 Å². The van der Waals surface area contributed by atoms with E-state index in [2.05, 4.69) is 43.6 Å². The summed E-state index contributed by atoms with van der Waals surface area (Å²) in [5, 5.41) is 7.88. The molecule has 1 saturated heterocycles. The maximum Gasteiger partial charge on any atom is 0.320 e. The molecule has 0 spiro atoms. The molecule has 0 bridgehead atoms. The molecule has 2 aromatic carbocycles. The molecule has 0 radical (unpaired) electrons. The minimum absolute atomic E-state index is 0.0869. The van der Waals surface area contributed by atoms with Crippen LogP contribution >= 0.6 is 0 Å². The minimum Gasteiger partial charge on any atom is -0.341 e. The molecule has 2 aromatic rings. The molecular formula is C29H50N4O2. The van der Waals surface area contributed by atoms with Crippen LogP contribution in [0.15, 0.2) is 72.8 Å². The van der Waals surface area contributed by atoms with Gasteiger partial charge in [-0.1, -0.05) is 133 Å². The molecular weight excluding hydrogens is 436 g/mol. The van der Waals surface area contributed by atoms with Gasteiger partial charge < -0.3 is 20.9 Å². The molecule has 4 amide bonds. The zero-order valence-corrected chi connectivity index (χ0v) is 22.8. The molecule has 6 heteroatoms. The largest absolute Gasteiger partial charge is 0.341 e. The lowest BCUT2D eigenvalue weighted by molar-refractivity contribution is 0.155. The molecule has 0 atom stereocenters. The van der Waals surface area contributed by atoms with E-state index in [9.17, 15) is 9.59 Å². The van der Waals surface area contributed by atoms with Crippen LogP contribution < -0.4 is 16.0 Å². The molecule has 1 aliphatic heterocycles. The Balaban J connectivity index is 0. The third-order valence-electron chi connectivity index (χ3n) is 4.37. The highest BCUT2D eigenvalue weighted by molar-refractivity contribution is 5.78. The van der Waals surface area contributed by atoms with Crippen LogP contribution in [0.3, 0.4) is 0 Å². The summed E-state index contributed by atoms with van der Waals surface area (Å²) in [6.07, 6.45) is 8.28. The van der Waals surface area contributed by atoms with Crippen molar-refractivity contribution in [2.45, 2.75) is 72.6 Å². The average molecular weight is 487 g/mol. The van der Waals surface area contributed by atoms with Crippen LogP contribution in [0.25, 0.3) is 0 Å². The smallest absolute Gasteiger partial charge is 0.320 e. The fourth-order valence-electron chi connectivity index (χ4n) is 2.42. The fourth-order valence-corrected chi connectivity index (χ4v) is 2.42. The standard InChI is InChI=1S/C7H14N2O.C7H16N2O.2C6H6.C3H8/c1-2-3-4-5-9-6-8-7(9)10;1-3-4-5-6-9-7(10)8-2;2*1-2-4-6-5-3-1;1-3-2/h2-6H2,1H3,(H,8,10);3-6H2,1-2H3,(H2,8,9,10);2*1-6H;3H2,1-2H3. The number of hydrogen-bond donors (Lipinski definition) is 3. The molecule has 3 rings (SSSR count). The maximum atomic E-state index is 10.6. The highest BCUT2D eigenvalue weighted by Gasteiger charge is 2.20. The number of amides is 4. The van der Waals surface area contributed by atoms with Gasteiger partial charge in [0.2, 0.25) is 0 Å². The number of carbonyl (C=O) groups excluding carboxylic acids is 2. The van der Waals surface area contributed by atoms with Gasteiger partial charge in [-0.2, -0.15) is 0 Å². The van der Waals surface area contributed by atoms with Gasteiger partial charge in [0.1, 0.15) is 0 Å². The van der Waals surface area contributed by atoms with Crippen molar-refractivity contribution in [3.63, 3.8) is 0 Å². The Kier molecular flexibility index (Phi) is 28.3. The van der Waals surface area contributed by atoms with Crippen LogP contribution in [0, 0.1) is 0 Å². The monoisotopic (exact) mass is 486 g/mol. The SMILES string of the molecule is CCC.CCCCCN1CNC1=O.CCCCCNC(=O)NC.c1ccccc1.c1ccccc1. The first-order chi connectivity index (χ1) is 17.1. The van der Waals surface area contributed by atoms with Crippen LogP contribution in [0.1, 0.15) is 72.6 Å². The highest BCUT2D eigenvalue weighted by atomic mass is 16.2. The second-order valence-electron chi connectivity index (χ2n) is 7.84. The van der Waals surface area contributed by atoms with Gasteiger partial charge in [0.25, 0.3) is 0 Å². The molecule has 0 aliphatic carbocycles. The molecule has 6 nitrogen and oxygen atoms in total. The molecule has 1 heterocycles. The van der Waals surface area contributed by atoms with Gasteiger partial charge >= 0.3 is 12.1 Å². The number of rotatable bonds is 8. The summed E-state index contributed by atoms with van der Waals surface area (Å²) in [5.74, 6) is 0. The highest BCUT2D eigenvalue weighted by Crippen LogP contribution is 2.02. The Labute approximate surface area is 214 Å². The van der Waals surface area contributed by atoms with Crippen LogP contribution in [0.4, 0.5) is 9.59 Å². The van der Waals surface area contributed by atoms with Crippen molar-refractivity contribution in [1.29, 1.82) is 0 Å². The van der Waals surface area contributed by atoms with Crippen molar-refractivity contribution in [3.8, 4) is 0 Å². The zero-order chi connectivity index (χ0) is 26.4. The Bertz CT molecular complexity index is 578. The van der Waals surface area contributed by atoms with Gasteiger partial charge in [0.05, 0.1) is 6.67 Å². The zero-order valence-electron chi connectivity index (χ0n) is 22.8. The summed E-state index contributed by atoms with van der Waals surface area (Å²) in [6, 6.07) is 24.0. The predicted molar refractivity (Wildman–Crippen MR) is 150 cm³/mol. The summed E-state index contributed by atoms with van der Waals surface area (Å²) in [7, 11) is 1.62. The Morgan fingerprint density at radius 2 is 1.17 bits per heavy atom. The number of carbonyl (C=O) groups is 2. The number of hydrogen-bond acceptors (Lipinski definition) is 2. The first-order valence-corrected chi connectivity index (χ1v) is 13.0. The lowest BCUT2D eigenvalue weighted by Crippen LogP contribution is -2.56. The van der Waals surface area contributed by atoms with Crippen molar-refractivity contribution in [1.82, 2.24) is 20.9 Å². The number of unbranched alkanes of at least 4 members (excludes halogenated alkanes) is 4. The van der Waals surface area contributed by atoms with Gasteiger partial charge in [-0.25, -0.2) is 9.59 Å². The van der Waals surface area contributed by atoms with Gasteiger partial charge in [-0.05, 0) is 12.8 Å². The molecule has 0 aromatic heterocycles. The van der Waals surface area contributed by atoms with Gasteiger partial charge in [-0.15, -0.1) is 0 Å². The maximum absolute atomic E-state index is 10.6. The van der Waals surface area contributed by atoms with Crippen LogP contribution in [-0.4, -0.2) is 43.8 Å². The quantitative estimate of drug-likeness (QED) is 0.350. The Hall–Kier alpha value is -3.02. The number of benzene rings is 2. The van der Waals surface area contributed by atoms with E-state index in [-0.39, 0.29) is 12.1 Å². The minimum atomic E-state index is -0.0869. The van der Waals surface area contributed by atoms with Gasteiger partial charge in [0.15, 0.2) is 0 Å². The van der Waals surface area contributed by atoms with E-state index >= 15 is 0 Å². The number of nitrogens with one attached hydrogen (secondary N) is 3. The van der Waals surface area contributed by atoms with E-state index in [1.165, 1.54) is 32.1 Å². The number of nitrogens with zero attached hydrogens (tertiary/aromatic N) is 1. The molecule has 1 aliphatic rings. The van der Waals surface area contributed by atoms with E-state index in [0.29, 0.717) is 0 Å². The third-order valence-corrected chi connectivity index (χ3v) is 4.37. The summed E-state index contributed by atoms with van der Waals surface area (Å²) in [6.45, 7) is 11.0. The summed E-state index contributed by atoms with van der Waals surface area (Å²) in [5.41, 5.74) is 0. The summed E-state index contributed by atoms with van der Waals surface area (Å²) < 4.78 is 0. The summed E-state index contributed by atoms with van der Waals surface area (Å²) in [4.78, 5) is 23.0. The van der Waals surface area contributed by atoms with Crippen molar-refractivity contribution in [3.05, 3.63) is 72.8 Å². The van der Waals surface area contributed by atoms with Crippen molar-refractivity contribution >= 4 is 12.1 Å². The third kappa shape index (κ3) is 27.1. The predicted octanol–water partition coefficient (Wildman–Crippen LogP) is 7.05. The topological polar surface area (TPSA) is 73.5 Å². The van der Waals surface area contributed by atoms with E-state index in [1.807, 2.05) is 77.7 Å². The molecule has 0 saturated carbocycles. The second-order valence-corrected chi connectivity index (χ2v) is 7.84. The lowest BCUT2D eigenvalue weighted by Gasteiger charge is -2.31. The van der Waals surface area contributed by atoms with Crippen molar-refractivity contribution < 1.29 is 9.59 Å². The van der Waals surface area contributed by atoms with Crippen molar-refractivity contribution in [2.75, 3.05) is 26.8 Å². The first-order valence-electron chi connectivity index (χ1n) is 13.0. The van der Waals surface area contributed by atoms with Gasteiger partial charge in [0, 0.05) is 20.1 Å². The normalized spacial score (nSPS) is 10.5. The van der Waals surface area contributed by atoms with E-state index < -0.39 is 0 Å². The molecule has 1 fully saturated rings. The molecule has 35 heavy (non-hydrogen) atoms. The van der Waals surface area contributed by atoms with Crippen molar-refractivity contribution in [2.24, 2.45) is 0 Å². The Morgan fingerprint density at radius 1 is 0.771 bits per heavy atom. The molecule has 198 valence electrons. The molecule has 3 N–H and O–H groups in total. The molecule has 0 unspecified atom stereocenters.